The number of pyridine rings is 1. The second-order valence-electron chi connectivity index (χ2n) is 3.14. The largest absolute Gasteiger partial charge is 0.508 e. The number of hydrogen-bond donors (Lipinski definition) is 2. The van der Waals surface area contributed by atoms with Crippen molar-refractivity contribution in [2.75, 3.05) is 0 Å². The van der Waals surface area contributed by atoms with Crippen molar-refractivity contribution in [1.29, 1.82) is 0 Å². The van der Waals surface area contributed by atoms with Crippen molar-refractivity contribution in [3.05, 3.63) is 52.6 Å². The predicted octanol–water partition coefficient (Wildman–Crippen LogP) is 1.89. The number of H-pyrrole nitrogens is 1. The molecular weight excluding hydrogens is 197 g/mol. The third kappa shape index (κ3) is 2.04. The molecule has 0 aliphatic heterocycles. The molecule has 0 saturated heterocycles. The van der Waals surface area contributed by atoms with Crippen molar-refractivity contribution < 1.29 is 9.50 Å². The highest BCUT2D eigenvalue weighted by Crippen LogP contribution is 2.22. The Morgan fingerprint density at radius 2 is 2.00 bits per heavy atom. The predicted molar refractivity (Wildman–Crippen MR) is 54.1 cm³/mol. The molecule has 1 aromatic heterocycles. The van der Waals surface area contributed by atoms with E-state index in [9.17, 15) is 14.3 Å². The first-order chi connectivity index (χ1) is 7.15. The third-order valence-electron chi connectivity index (χ3n) is 1.97. The molecule has 2 aromatic rings. The minimum atomic E-state index is -0.547. The average Bonchev–Trinajstić information content (AvgIpc) is 2.16. The summed E-state index contributed by atoms with van der Waals surface area (Å²) in [5, 5.41) is 9.19. The molecule has 0 aliphatic rings. The van der Waals surface area contributed by atoms with E-state index in [4.69, 9.17) is 0 Å². The van der Waals surface area contributed by atoms with Crippen LogP contribution in [-0.2, 0) is 0 Å². The van der Waals surface area contributed by atoms with Crippen LogP contribution >= 0.6 is 0 Å². The van der Waals surface area contributed by atoms with Gasteiger partial charge in [-0.1, -0.05) is 0 Å². The molecule has 2 rings (SSSR count). The first-order valence-electron chi connectivity index (χ1n) is 4.34. The Kier molecular flexibility index (Phi) is 2.25. The number of aromatic hydroxyl groups is 1. The topological polar surface area (TPSA) is 53.1 Å². The van der Waals surface area contributed by atoms with E-state index in [1.165, 1.54) is 30.5 Å². The van der Waals surface area contributed by atoms with E-state index < -0.39 is 5.82 Å². The molecule has 0 aliphatic carbocycles. The van der Waals surface area contributed by atoms with Crippen molar-refractivity contribution >= 4 is 0 Å². The van der Waals surface area contributed by atoms with Crippen molar-refractivity contribution in [3.63, 3.8) is 0 Å². The van der Waals surface area contributed by atoms with Gasteiger partial charge in [-0.05, 0) is 12.1 Å². The number of halogens is 1. The number of hydrogen-bond acceptors (Lipinski definition) is 2. The van der Waals surface area contributed by atoms with Gasteiger partial charge in [0, 0.05) is 35.7 Å². The lowest BCUT2D eigenvalue weighted by Crippen LogP contribution is -1.98. The Labute approximate surface area is 84.8 Å². The van der Waals surface area contributed by atoms with E-state index in [-0.39, 0.29) is 11.2 Å². The van der Waals surface area contributed by atoms with Gasteiger partial charge in [0.05, 0.1) is 0 Å². The van der Waals surface area contributed by atoms with E-state index in [2.05, 4.69) is 4.98 Å². The molecule has 0 radical (unpaired) electrons. The van der Waals surface area contributed by atoms with Gasteiger partial charge in [0.1, 0.15) is 11.6 Å². The number of phenols is 1. The SMILES string of the molecule is O=c1cc[nH]c(-c2cc(O)cc(F)c2)c1. The molecule has 2 N–H and O–H groups in total. The van der Waals surface area contributed by atoms with Crippen LogP contribution in [0.15, 0.2) is 41.3 Å². The maximum Gasteiger partial charge on any atom is 0.182 e. The van der Waals surface area contributed by atoms with Crippen molar-refractivity contribution in [1.82, 2.24) is 4.98 Å². The molecule has 0 fully saturated rings. The number of phenolic OH excluding ortho intramolecular Hbond substituents is 1. The highest BCUT2D eigenvalue weighted by molar-refractivity contribution is 5.60. The van der Waals surface area contributed by atoms with Crippen LogP contribution in [0, 0.1) is 5.82 Å². The Bertz CT molecular complexity index is 528. The van der Waals surface area contributed by atoms with E-state index in [0.29, 0.717) is 11.3 Å². The maximum atomic E-state index is 13.0. The lowest BCUT2D eigenvalue weighted by atomic mass is 10.1. The maximum absolute atomic E-state index is 13.0. The van der Waals surface area contributed by atoms with Gasteiger partial charge >= 0.3 is 0 Å². The summed E-state index contributed by atoms with van der Waals surface area (Å²) >= 11 is 0. The van der Waals surface area contributed by atoms with Crippen molar-refractivity contribution in [2.45, 2.75) is 0 Å². The van der Waals surface area contributed by atoms with Crippen LogP contribution in [0.25, 0.3) is 11.3 Å². The van der Waals surface area contributed by atoms with Crippen LogP contribution in [0.4, 0.5) is 4.39 Å². The first kappa shape index (κ1) is 9.45. The van der Waals surface area contributed by atoms with E-state index in [1.54, 1.807) is 0 Å². The van der Waals surface area contributed by atoms with Crippen molar-refractivity contribution in [3.8, 4) is 17.0 Å². The van der Waals surface area contributed by atoms with Gasteiger partial charge in [0.15, 0.2) is 5.43 Å². The lowest BCUT2D eigenvalue weighted by Gasteiger charge is -2.02. The highest BCUT2D eigenvalue weighted by atomic mass is 19.1. The van der Waals surface area contributed by atoms with Crippen LogP contribution in [0.1, 0.15) is 0 Å². The fraction of sp³-hybridized carbons (Fsp3) is 0. The number of aromatic nitrogens is 1. The molecule has 0 unspecified atom stereocenters. The smallest absolute Gasteiger partial charge is 0.182 e. The molecule has 1 heterocycles. The zero-order valence-electron chi connectivity index (χ0n) is 7.70. The number of rotatable bonds is 1. The third-order valence-corrected chi connectivity index (χ3v) is 1.97. The Morgan fingerprint density at radius 1 is 1.20 bits per heavy atom. The summed E-state index contributed by atoms with van der Waals surface area (Å²) in [7, 11) is 0. The van der Waals surface area contributed by atoms with E-state index >= 15 is 0 Å². The molecule has 76 valence electrons. The molecule has 4 heteroatoms. The van der Waals surface area contributed by atoms with E-state index in [1.807, 2.05) is 0 Å². The van der Waals surface area contributed by atoms with Gasteiger partial charge in [-0.25, -0.2) is 4.39 Å². The fourth-order valence-corrected chi connectivity index (χ4v) is 1.34. The first-order valence-corrected chi connectivity index (χ1v) is 4.34. The quantitative estimate of drug-likeness (QED) is 0.746. The summed E-state index contributed by atoms with van der Waals surface area (Å²) in [4.78, 5) is 13.9. The van der Waals surface area contributed by atoms with Crippen LogP contribution in [0.5, 0.6) is 5.75 Å². The molecular formula is C11H8FNO2. The molecule has 0 bridgehead atoms. The lowest BCUT2D eigenvalue weighted by molar-refractivity contribution is 0.469. The Morgan fingerprint density at radius 3 is 2.67 bits per heavy atom. The van der Waals surface area contributed by atoms with E-state index in [0.717, 1.165) is 6.07 Å². The molecule has 0 spiro atoms. The van der Waals surface area contributed by atoms with Crippen molar-refractivity contribution in [2.24, 2.45) is 0 Å². The van der Waals surface area contributed by atoms with Gasteiger partial charge in [0.25, 0.3) is 0 Å². The van der Waals surface area contributed by atoms with Crippen LogP contribution in [0.3, 0.4) is 0 Å². The monoisotopic (exact) mass is 205 g/mol. The minimum Gasteiger partial charge on any atom is -0.508 e. The van der Waals surface area contributed by atoms with Gasteiger partial charge in [0.2, 0.25) is 0 Å². The standard InChI is InChI=1S/C11H8FNO2/c12-8-3-7(4-10(15)5-8)11-6-9(14)1-2-13-11/h1-6,15H,(H,13,14). The zero-order chi connectivity index (χ0) is 10.8. The Balaban J connectivity index is 2.58. The van der Waals surface area contributed by atoms with Gasteiger partial charge in [-0.15, -0.1) is 0 Å². The normalized spacial score (nSPS) is 10.2. The molecule has 15 heavy (non-hydrogen) atoms. The summed E-state index contributed by atoms with van der Waals surface area (Å²) in [6.45, 7) is 0. The average molecular weight is 205 g/mol. The van der Waals surface area contributed by atoms with Crippen LogP contribution in [-0.4, -0.2) is 10.1 Å². The molecule has 3 nitrogen and oxygen atoms in total. The molecule has 1 aromatic carbocycles. The zero-order valence-corrected chi connectivity index (χ0v) is 7.70. The second kappa shape index (κ2) is 3.57. The fourth-order valence-electron chi connectivity index (χ4n) is 1.34. The van der Waals surface area contributed by atoms with Crippen LogP contribution in [0.2, 0.25) is 0 Å². The number of benzene rings is 1. The highest BCUT2D eigenvalue weighted by Gasteiger charge is 2.02. The van der Waals surface area contributed by atoms with Crippen LogP contribution < -0.4 is 5.43 Å². The molecule has 0 amide bonds. The molecule has 0 saturated carbocycles. The summed E-state index contributed by atoms with van der Waals surface area (Å²) in [6.07, 6.45) is 1.47. The number of nitrogens with one attached hydrogen (secondary N) is 1. The summed E-state index contributed by atoms with van der Waals surface area (Å²) < 4.78 is 13.0. The summed E-state index contributed by atoms with van der Waals surface area (Å²) in [5.74, 6) is -0.718. The van der Waals surface area contributed by atoms with Gasteiger partial charge < -0.3 is 10.1 Å². The summed E-state index contributed by atoms with van der Waals surface area (Å²) in [6, 6.07) is 6.33. The second-order valence-corrected chi connectivity index (χ2v) is 3.14. The van der Waals surface area contributed by atoms with Gasteiger partial charge in [-0.3, -0.25) is 4.79 Å². The minimum absolute atomic E-state index is 0.172. The number of aromatic amines is 1. The van der Waals surface area contributed by atoms with Gasteiger partial charge in [-0.2, -0.15) is 0 Å². The molecule has 0 atom stereocenters. The Hall–Kier alpha value is -2.10. The summed E-state index contributed by atoms with van der Waals surface area (Å²) in [5.41, 5.74) is 0.731.